The second kappa shape index (κ2) is 8.00. The molecule has 22 heavy (non-hydrogen) atoms. The lowest BCUT2D eigenvalue weighted by atomic mass is 10.2. The largest absolute Gasteiger partial charge is 0.490 e. The highest BCUT2D eigenvalue weighted by atomic mass is 79.9. The standard InChI is InChI=1S/C14H17BrN4O2S/c1-3-20-11-6-9(5-10(15)13(11)21-4-2)7-17-19-14-18-12(16)8-22-14/h5-8H,3-4,16H2,1-2H3,(H,18,19). The van der Waals surface area contributed by atoms with Crippen molar-refractivity contribution >= 4 is 44.4 Å². The highest BCUT2D eigenvalue weighted by Crippen LogP contribution is 2.36. The number of nitrogens with zero attached hydrogens (tertiary/aromatic N) is 2. The summed E-state index contributed by atoms with van der Waals surface area (Å²) >= 11 is 4.89. The van der Waals surface area contributed by atoms with Crippen LogP contribution < -0.4 is 20.6 Å². The van der Waals surface area contributed by atoms with E-state index in [1.54, 1.807) is 11.6 Å². The Morgan fingerprint density at radius 2 is 2.14 bits per heavy atom. The van der Waals surface area contributed by atoms with Crippen LogP contribution in [0.1, 0.15) is 19.4 Å². The van der Waals surface area contributed by atoms with Gasteiger partial charge in [-0.3, -0.25) is 5.43 Å². The third kappa shape index (κ3) is 4.35. The van der Waals surface area contributed by atoms with Gasteiger partial charge in [0.25, 0.3) is 0 Å². The molecule has 6 nitrogen and oxygen atoms in total. The molecule has 3 N–H and O–H groups in total. The molecule has 1 heterocycles. The lowest BCUT2D eigenvalue weighted by Gasteiger charge is -2.13. The van der Waals surface area contributed by atoms with Crippen LogP contribution in [0, 0.1) is 0 Å². The number of thiazole rings is 1. The van der Waals surface area contributed by atoms with Crippen molar-refractivity contribution in [1.29, 1.82) is 0 Å². The zero-order valence-electron chi connectivity index (χ0n) is 12.3. The molecule has 2 rings (SSSR count). The van der Waals surface area contributed by atoms with E-state index >= 15 is 0 Å². The van der Waals surface area contributed by atoms with Gasteiger partial charge in [0, 0.05) is 5.38 Å². The van der Waals surface area contributed by atoms with Gasteiger partial charge in [0.15, 0.2) is 11.5 Å². The van der Waals surface area contributed by atoms with Crippen LogP contribution in [0.4, 0.5) is 10.9 Å². The molecule has 118 valence electrons. The van der Waals surface area contributed by atoms with Gasteiger partial charge >= 0.3 is 0 Å². The third-order valence-electron chi connectivity index (χ3n) is 2.52. The van der Waals surface area contributed by atoms with Gasteiger partial charge in [0.2, 0.25) is 5.13 Å². The van der Waals surface area contributed by atoms with E-state index in [1.807, 2.05) is 26.0 Å². The van der Waals surface area contributed by atoms with Gasteiger partial charge in [-0.25, -0.2) is 4.98 Å². The Bertz CT molecular complexity index is 660. The van der Waals surface area contributed by atoms with Crippen LogP contribution in [0.15, 0.2) is 27.1 Å². The number of anilines is 2. The number of nitrogen functional groups attached to an aromatic ring is 1. The second-order valence-electron chi connectivity index (χ2n) is 4.14. The number of benzene rings is 1. The molecule has 0 fully saturated rings. The van der Waals surface area contributed by atoms with Crippen LogP contribution in [0.25, 0.3) is 0 Å². The van der Waals surface area contributed by atoms with Crippen LogP contribution in [-0.4, -0.2) is 24.4 Å². The normalized spacial score (nSPS) is 10.9. The number of aromatic nitrogens is 1. The van der Waals surface area contributed by atoms with Crippen molar-refractivity contribution in [3.63, 3.8) is 0 Å². The molecular formula is C14H17BrN4O2S. The molecular weight excluding hydrogens is 368 g/mol. The van der Waals surface area contributed by atoms with Crippen LogP contribution in [-0.2, 0) is 0 Å². The molecule has 2 aromatic rings. The first-order chi connectivity index (χ1) is 10.6. The minimum Gasteiger partial charge on any atom is -0.490 e. The molecule has 0 saturated carbocycles. The van der Waals surface area contributed by atoms with Crippen molar-refractivity contribution in [3.8, 4) is 11.5 Å². The molecule has 0 aliphatic rings. The molecule has 0 saturated heterocycles. The maximum absolute atomic E-state index is 5.62. The zero-order valence-corrected chi connectivity index (χ0v) is 14.7. The maximum Gasteiger partial charge on any atom is 0.205 e. The predicted molar refractivity (Wildman–Crippen MR) is 94.2 cm³/mol. The van der Waals surface area contributed by atoms with E-state index < -0.39 is 0 Å². The van der Waals surface area contributed by atoms with Crippen molar-refractivity contribution in [3.05, 3.63) is 27.5 Å². The summed E-state index contributed by atoms with van der Waals surface area (Å²) in [6, 6.07) is 3.79. The SMILES string of the molecule is CCOc1cc(C=NNc2nc(N)cs2)cc(Br)c1OCC. The molecule has 0 atom stereocenters. The third-order valence-corrected chi connectivity index (χ3v) is 3.87. The molecule has 0 spiro atoms. The summed E-state index contributed by atoms with van der Waals surface area (Å²) in [5.41, 5.74) is 9.26. The average molecular weight is 385 g/mol. The van der Waals surface area contributed by atoms with Crippen LogP contribution >= 0.6 is 27.3 Å². The van der Waals surface area contributed by atoms with Crippen molar-refractivity contribution in [2.75, 3.05) is 24.4 Å². The van der Waals surface area contributed by atoms with Gasteiger partial charge in [-0.05, 0) is 47.5 Å². The highest BCUT2D eigenvalue weighted by molar-refractivity contribution is 9.10. The lowest BCUT2D eigenvalue weighted by Crippen LogP contribution is -2.00. The maximum atomic E-state index is 5.62. The van der Waals surface area contributed by atoms with Crippen LogP contribution in [0.2, 0.25) is 0 Å². The highest BCUT2D eigenvalue weighted by Gasteiger charge is 2.11. The number of hydrazone groups is 1. The average Bonchev–Trinajstić information content (AvgIpc) is 2.89. The topological polar surface area (TPSA) is 81.8 Å². The fourth-order valence-electron chi connectivity index (χ4n) is 1.71. The molecule has 0 amide bonds. The first-order valence-corrected chi connectivity index (χ1v) is 8.40. The Morgan fingerprint density at radius 1 is 1.36 bits per heavy atom. The van der Waals surface area contributed by atoms with Gasteiger partial charge in [-0.1, -0.05) is 0 Å². The fraction of sp³-hybridized carbons (Fsp3) is 0.286. The van der Waals surface area contributed by atoms with Gasteiger partial charge in [-0.15, -0.1) is 11.3 Å². The summed E-state index contributed by atoms with van der Waals surface area (Å²) < 4.78 is 12.0. The van der Waals surface area contributed by atoms with E-state index in [-0.39, 0.29) is 0 Å². The zero-order chi connectivity index (χ0) is 15.9. The summed E-state index contributed by atoms with van der Waals surface area (Å²) in [5.74, 6) is 1.85. The molecule has 8 heteroatoms. The predicted octanol–water partition coefficient (Wildman–Crippen LogP) is 3.73. The van der Waals surface area contributed by atoms with E-state index in [2.05, 4.69) is 31.4 Å². The molecule has 0 unspecified atom stereocenters. The molecule has 1 aromatic carbocycles. The Hall–Kier alpha value is -1.80. The number of hydrogen-bond acceptors (Lipinski definition) is 7. The van der Waals surface area contributed by atoms with Crippen molar-refractivity contribution < 1.29 is 9.47 Å². The number of nitrogens with two attached hydrogens (primary N) is 1. The summed E-state index contributed by atoms with van der Waals surface area (Å²) in [6.07, 6.45) is 1.68. The molecule has 0 aliphatic heterocycles. The van der Waals surface area contributed by atoms with Crippen molar-refractivity contribution in [2.24, 2.45) is 5.10 Å². The summed E-state index contributed by atoms with van der Waals surface area (Å²) in [5, 5.41) is 6.53. The van der Waals surface area contributed by atoms with E-state index in [0.717, 1.165) is 10.0 Å². The first kappa shape index (κ1) is 16.6. The Labute approximate surface area is 141 Å². The Balaban J connectivity index is 2.16. The van der Waals surface area contributed by atoms with Gasteiger partial charge in [0.05, 0.1) is 23.9 Å². The molecule has 1 aromatic heterocycles. The molecule has 0 bridgehead atoms. The van der Waals surface area contributed by atoms with E-state index in [1.165, 1.54) is 11.3 Å². The Morgan fingerprint density at radius 3 is 2.77 bits per heavy atom. The van der Waals surface area contributed by atoms with E-state index in [4.69, 9.17) is 15.2 Å². The van der Waals surface area contributed by atoms with Crippen molar-refractivity contribution in [1.82, 2.24) is 4.98 Å². The smallest absolute Gasteiger partial charge is 0.205 e. The number of rotatable bonds is 7. The Kier molecular flexibility index (Phi) is 6.02. The van der Waals surface area contributed by atoms with E-state index in [9.17, 15) is 0 Å². The quantitative estimate of drug-likeness (QED) is 0.561. The minimum absolute atomic E-state index is 0.477. The summed E-state index contributed by atoms with van der Waals surface area (Å²) in [4.78, 5) is 4.06. The lowest BCUT2D eigenvalue weighted by molar-refractivity contribution is 0.286. The van der Waals surface area contributed by atoms with Gasteiger partial charge in [0.1, 0.15) is 5.82 Å². The minimum atomic E-state index is 0.477. The van der Waals surface area contributed by atoms with Crippen LogP contribution in [0.3, 0.4) is 0 Å². The monoisotopic (exact) mass is 384 g/mol. The first-order valence-electron chi connectivity index (χ1n) is 6.73. The number of ether oxygens (including phenoxy) is 2. The second-order valence-corrected chi connectivity index (χ2v) is 5.86. The van der Waals surface area contributed by atoms with Gasteiger partial charge < -0.3 is 15.2 Å². The van der Waals surface area contributed by atoms with E-state index in [0.29, 0.717) is 35.7 Å². The number of nitrogens with one attached hydrogen (secondary N) is 1. The number of halogens is 1. The fourth-order valence-corrected chi connectivity index (χ4v) is 2.83. The number of hydrogen-bond donors (Lipinski definition) is 2. The van der Waals surface area contributed by atoms with Crippen molar-refractivity contribution in [2.45, 2.75) is 13.8 Å². The molecule has 0 aliphatic carbocycles. The summed E-state index contributed by atoms with van der Waals surface area (Å²) in [6.45, 7) is 4.99. The van der Waals surface area contributed by atoms with Crippen LogP contribution in [0.5, 0.6) is 11.5 Å². The van der Waals surface area contributed by atoms with Gasteiger partial charge in [-0.2, -0.15) is 5.10 Å². The molecule has 0 radical (unpaired) electrons. The summed E-state index contributed by atoms with van der Waals surface area (Å²) in [7, 11) is 0.